The third-order valence-electron chi connectivity index (χ3n) is 4.92. The number of carbonyl (C=O) groups excluding carboxylic acids is 2. The molecule has 0 atom stereocenters. The van der Waals surface area contributed by atoms with Crippen molar-refractivity contribution in [2.45, 2.75) is 46.6 Å². The van der Waals surface area contributed by atoms with Gasteiger partial charge in [-0.1, -0.05) is 6.07 Å². The zero-order chi connectivity index (χ0) is 22.6. The molecule has 0 saturated carbocycles. The fourth-order valence-corrected chi connectivity index (χ4v) is 3.47. The van der Waals surface area contributed by atoms with Gasteiger partial charge in [-0.25, -0.2) is 0 Å². The highest BCUT2D eigenvalue weighted by Crippen LogP contribution is 2.38. The molecule has 1 aliphatic rings. The number of fused-ring (bicyclic) bond motifs is 1. The van der Waals surface area contributed by atoms with E-state index < -0.39 is 5.60 Å². The van der Waals surface area contributed by atoms with Gasteiger partial charge in [0, 0.05) is 24.7 Å². The van der Waals surface area contributed by atoms with Gasteiger partial charge in [0.05, 0.1) is 18.9 Å². The van der Waals surface area contributed by atoms with Crippen molar-refractivity contribution < 1.29 is 23.8 Å². The second-order valence-electron chi connectivity index (χ2n) is 7.87. The minimum absolute atomic E-state index is 0.145. The minimum atomic E-state index is -0.986. The van der Waals surface area contributed by atoms with Gasteiger partial charge >= 0.3 is 0 Å². The van der Waals surface area contributed by atoms with Crippen LogP contribution in [0, 0.1) is 6.92 Å². The van der Waals surface area contributed by atoms with E-state index in [1.54, 1.807) is 36.9 Å². The zero-order valence-electron chi connectivity index (χ0n) is 18.8. The van der Waals surface area contributed by atoms with Gasteiger partial charge in [-0.2, -0.15) is 0 Å². The summed E-state index contributed by atoms with van der Waals surface area (Å²) in [7, 11) is 0. The van der Waals surface area contributed by atoms with E-state index in [9.17, 15) is 9.59 Å². The predicted molar refractivity (Wildman–Crippen MR) is 120 cm³/mol. The number of hydrogen-bond donors (Lipinski definition) is 1. The highest BCUT2D eigenvalue weighted by atomic mass is 16.5. The molecule has 7 heteroatoms. The summed E-state index contributed by atoms with van der Waals surface area (Å²) in [5.41, 5.74) is 1.33. The Morgan fingerprint density at radius 3 is 2.48 bits per heavy atom. The van der Waals surface area contributed by atoms with Crippen LogP contribution in [0.1, 0.15) is 39.7 Å². The van der Waals surface area contributed by atoms with E-state index in [-0.39, 0.29) is 24.8 Å². The molecule has 0 radical (unpaired) electrons. The number of nitrogens with one attached hydrogen (secondary N) is 1. The minimum Gasteiger partial charge on any atom is -0.490 e. The molecule has 0 spiro atoms. The van der Waals surface area contributed by atoms with Crippen LogP contribution < -0.4 is 24.4 Å². The average molecular weight is 427 g/mol. The molecule has 0 saturated heterocycles. The predicted octanol–water partition coefficient (Wildman–Crippen LogP) is 4.33. The van der Waals surface area contributed by atoms with Crippen molar-refractivity contribution in [2.75, 3.05) is 30.0 Å². The largest absolute Gasteiger partial charge is 0.490 e. The lowest BCUT2D eigenvalue weighted by Gasteiger charge is -2.38. The summed E-state index contributed by atoms with van der Waals surface area (Å²) in [5.74, 6) is 1.49. The van der Waals surface area contributed by atoms with Gasteiger partial charge < -0.3 is 24.4 Å². The number of carbonyl (C=O) groups is 2. The Morgan fingerprint density at radius 1 is 1.06 bits per heavy atom. The monoisotopic (exact) mass is 426 g/mol. The van der Waals surface area contributed by atoms with Gasteiger partial charge in [-0.3, -0.25) is 9.59 Å². The normalized spacial score (nSPS) is 14.5. The van der Waals surface area contributed by atoms with Crippen LogP contribution in [-0.4, -0.2) is 37.2 Å². The van der Waals surface area contributed by atoms with E-state index in [0.29, 0.717) is 41.8 Å². The molecular weight excluding hydrogens is 396 g/mol. The second-order valence-corrected chi connectivity index (χ2v) is 7.87. The molecule has 2 amide bonds. The topological polar surface area (TPSA) is 77.1 Å². The Morgan fingerprint density at radius 2 is 1.77 bits per heavy atom. The number of benzene rings is 2. The molecule has 31 heavy (non-hydrogen) atoms. The van der Waals surface area contributed by atoms with Crippen molar-refractivity contribution in [1.29, 1.82) is 0 Å². The van der Waals surface area contributed by atoms with Gasteiger partial charge in [0.2, 0.25) is 5.91 Å². The number of anilines is 2. The molecule has 2 aromatic carbocycles. The van der Waals surface area contributed by atoms with Crippen molar-refractivity contribution >= 4 is 23.2 Å². The Bertz CT molecular complexity index is 970. The number of nitrogens with zero attached hydrogens (tertiary/aromatic N) is 1. The molecule has 1 N–H and O–H groups in total. The number of ether oxygens (including phenoxy) is 3. The summed E-state index contributed by atoms with van der Waals surface area (Å²) >= 11 is 0. The Labute approximate surface area is 183 Å². The molecule has 0 unspecified atom stereocenters. The third-order valence-corrected chi connectivity index (χ3v) is 4.92. The Balaban J connectivity index is 1.71. The Hall–Kier alpha value is -3.22. The van der Waals surface area contributed by atoms with E-state index in [1.165, 1.54) is 0 Å². The van der Waals surface area contributed by atoms with E-state index in [4.69, 9.17) is 14.2 Å². The quantitative estimate of drug-likeness (QED) is 0.680. The van der Waals surface area contributed by atoms with Crippen molar-refractivity contribution in [3.05, 3.63) is 42.0 Å². The molecular formula is C24H30N2O5. The van der Waals surface area contributed by atoms with Crippen LogP contribution in [0.3, 0.4) is 0 Å². The first-order valence-corrected chi connectivity index (χ1v) is 10.6. The highest BCUT2D eigenvalue weighted by Gasteiger charge is 2.40. The first-order chi connectivity index (χ1) is 14.7. The van der Waals surface area contributed by atoms with Crippen LogP contribution in [0.2, 0.25) is 0 Å². The second kappa shape index (κ2) is 9.29. The van der Waals surface area contributed by atoms with Crippen LogP contribution in [0.5, 0.6) is 17.2 Å². The van der Waals surface area contributed by atoms with E-state index in [2.05, 4.69) is 5.32 Å². The Kier molecular flexibility index (Phi) is 6.73. The average Bonchev–Trinajstić information content (AvgIpc) is 2.71. The maximum absolute atomic E-state index is 12.9. The molecule has 0 aromatic heterocycles. The van der Waals surface area contributed by atoms with Crippen molar-refractivity contribution in [1.82, 2.24) is 0 Å². The van der Waals surface area contributed by atoms with Crippen LogP contribution in [0.4, 0.5) is 11.4 Å². The molecule has 2 aromatic rings. The lowest BCUT2D eigenvalue weighted by molar-refractivity contribution is -0.132. The van der Waals surface area contributed by atoms with E-state index in [0.717, 1.165) is 5.56 Å². The van der Waals surface area contributed by atoms with Crippen LogP contribution >= 0.6 is 0 Å². The molecule has 0 aliphatic carbocycles. The summed E-state index contributed by atoms with van der Waals surface area (Å²) < 4.78 is 17.0. The summed E-state index contributed by atoms with van der Waals surface area (Å²) in [6, 6.07) is 11.0. The maximum Gasteiger partial charge on any atom is 0.270 e. The number of rotatable bonds is 8. The highest BCUT2D eigenvalue weighted by molar-refractivity contribution is 6.03. The van der Waals surface area contributed by atoms with Gasteiger partial charge in [-0.15, -0.1) is 0 Å². The molecule has 7 nitrogen and oxygen atoms in total. The maximum atomic E-state index is 12.9. The first-order valence-electron chi connectivity index (χ1n) is 10.6. The SMILES string of the molecule is CCOc1ccc(NC(=O)CCN2C(=O)C(C)(C)Oc3ccc(C)cc32)cc1OCC. The fourth-order valence-electron chi connectivity index (χ4n) is 3.47. The third kappa shape index (κ3) is 5.10. The number of amides is 2. The number of aryl methyl sites for hydroxylation is 1. The molecule has 1 aliphatic heterocycles. The van der Waals surface area contributed by atoms with Crippen molar-refractivity contribution in [3.8, 4) is 17.2 Å². The van der Waals surface area contributed by atoms with Crippen LogP contribution in [-0.2, 0) is 9.59 Å². The first kappa shape index (κ1) is 22.5. The van der Waals surface area contributed by atoms with Gasteiger partial charge in [0.1, 0.15) is 5.75 Å². The zero-order valence-corrected chi connectivity index (χ0v) is 18.8. The molecule has 3 rings (SSSR count). The van der Waals surface area contributed by atoms with Gasteiger partial charge in [0.15, 0.2) is 17.1 Å². The lowest BCUT2D eigenvalue weighted by Crippen LogP contribution is -2.53. The standard InChI is InChI=1S/C24H30N2O5/c1-6-29-20-11-9-17(15-21(20)30-7-2)25-22(27)12-13-26-18-14-16(3)8-10-19(18)31-24(4,5)23(26)28/h8-11,14-15H,6-7,12-13H2,1-5H3,(H,25,27). The molecule has 166 valence electrons. The fraction of sp³-hybridized carbons (Fsp3) is 0.417. The van der Waals surface area contributed by atoms with Gasteiger partial charge in [0.25, 0.3) is 5.91 Å². The molecule has 0 fully saturated rings. The summed E-state index contributed by atoms with van der Waals surface area (Å²) in [6.07, 6.45) is 0.145. The van der Waals surface area contributed by atoms with Gasteiger partial charge in [-0.05, 0) is 64.4 Å². The number of hydrogen-bond acceptors (Lipinski definition) is 5. The van der Waals surface area contributed by atoms with Crippen molar-refractivity contribution in [3.63, 3.8) is 0 Å². The summed E-state index contributed by atoms with van der Waals surface area (Å²) in [6.45, 7) is 10.5. The van der Waals surface area contributed by atoms with E-state index in [1.807, 2.05) is 39.0 Å². The smallest absolute Gasteiger partial charge is 0.270 e. The van der Waals surface area contributed by atoms with Crippen LogP contribution in [0.25, 0.3) is 0 Å². The molecule has 0 bridgehead atoms. The summed E-state index contributed by atoms with van der Waals surface area (Å²) in [5, 5.41) is 2.88. The van der Waals surface area contributed by atoms with Crippen molar-refractivity contribution in [2.24, 2.45) is 0 Å². The lowest BCUT2D eigenvalue weighted by atomic mass is 10.0. The van der Waals surface area contributed by atoms with Crippen LogP contribution in [0.15, 0.2) is 36.4 Å². The van der Waals surface area contributed by atoms with E-state index >= 15 is 0 Å². The summed E-state index contributed by atoms with van der Waals surface area (Å²) in [4.78, 5) is 27.2. The molecule has 1 heterocycles.